The zero-order chi connectivity index (χ0) is 27.5. The summed E-state index contributed by atoms with van der Waals surface area (Å²) < 4.78 is 26.4. The minimum Gasteiger partial charge on any atom is -0.350 e. The number of halogens is 2. The monoisotopic (exact) mass is 567 g/mol. The molecule has 0 unspecified atom stereocenters. The summed E-state index contributed by atoms with van der Waals surface area (Å²) in [7, 11) is -3.96. The Morgan fingerprint density at radius 3 is 2.35 bits per heavy atom. The second kappa shape index (κ2) is 11.4. The van der Waals surface area contributed by atoms with Gasteiger partial charge in [0.2, 0.25) is 11.8 Å². The molecule has 0 aromatic heterocycles. The minimum atomic E-state index is -3.96. The molecule has 1 aliphatic heterocycles. The van der Waals surface area contributed by atoms with Crippen molar-refractivity contribution in [3.05, 3.63) is 63.6 Å². The number of hydrogen-bond donors (Lipinski definition) is 1. The predicted octanol–water partition coefficient (Wildman–Crippen LogP) is 4.64. The topological polar surface area (TPSA) is 104 Å². The molecule has 0 spiro atoms. The summed E-state index contributed by atoms with van der Waals surface area (Å²) in [6.45, 7) is 7.34. The highest BCUT2D eigenvalue weighted by atomic mass is 35.5. The van der Waals surface area contributed by atoms with Crippen molar-refractivity contribution in [2.24, 2.45) is 0 Å². The van der Waals surface area contributed by atoms with Crippen LogP contribution in [0.5, 0.6) is 0 Å². The van der Waals surface area contributed by atoms with Crippen LogP contribution in [-0.2, 0) is 26.2 Å². The van der Waals surface area contributed by atoms with Crippen molar-refractivity contribution in [1.29, 1.82) is 0 Å². The van der Waals surface area contributed by atoms with Gasteiger partial charge in [-0.3, -0.25) is 14.4 Å². The van der Waals surface area contributed by atoms with E-state index in [1.807, 2.05) is 27.7 Å². The number of benzene rings is 2. The number of nitrogens with one attached hydrogen (secondary N) is 1. The molecule has 0 fully saturated rings. The molecule has 0 radical (unpaired) electrons. The Bertz CT molecular complexity index is 1310. The highest BCUT2D eigenvalue weighted by molar-refractivity contribution is 7.90. The molecule has 0 saturated heterocycles. The van der Waals surface area contributed by atoms with Gasteiger partial charge in [-0.25, -0.2) is 12.7 Å². The smallest absolute Gasteiger partial charge is 0.269 e. The average molecular weight is 569 g/mol. The van der Waals surface area contributed by atoms with Gasteiger partial charge in [0.25, 0.3) is 15.9 Å². The van der Waals surface area contributed by atoms with E-state index in [1.165, 1.54) is 17.0 Å². The number of fused-ring (bicyclic) bond motifs is 1. The molecular weight excluding hydrogens is 537 g/mol. The molecular formula is C26H31Cl2N3O5S. The fourth-order valence-corrected chi connectivity index (χ4v) is 6.10. The highest BCUT2D eigenvalue weighted by Crippen LogP contribution is 2.30. The lowest BCUT2D eigenvalue weighted by atomic mass is 10.0. The van der Waals surface area contributed by atoms with Gasteiger partial charge in [0, 0.05) is 25.0 Å². The molecule has 37 heavy (non-hydrogen) atoms. The van der Waals surface area contributed by atoms with Crippen molar-refractivity contribution < 1.29 is 22.8 Å². The third-order valence-corrected chi connectivity index (χ3v) is 8.46. The van der Waals surface area contributed by atoms with Crippen LogP contribution in [0.4, 0.5) is 0 Å². The van der Waals surface area contributed by atoms with Gasteiger partial charge < -0.3 is 10.2 Å². The maximum absolute atomic E-state index is 13.4. The molecule has 1 aliphatic rings. The number of amides is 3. The lowest BCUT2D eigenvalue weighted by Gasteiger charge is -2.33. The molecule has 8 nitrogen and oxygen atoms in total. The Morgan fingerprint density at radius 1 is 1.08 bits per heavy atom. The maximum Gasteiger partial charge on any atom is 0.269 e. The van der Waals surface area contributed by atoms with Crippen molar-refractivity contribution in [2.45, 2.75) is 70.0 Å². The van der Waals surface area contributed by atoms with Crippen LogP contribution in [0.15, 0.2) is 47.4 Å². The van der Waals surface area contributed by atoms with Gasteiger partial charge in [0.1, 0.15) is 10.9 Å². The van der Waals surface area contributed by atoms with Crippen molar-refractivity contribution in [2.75, 3.05) is 6.54 Å². The van der Waals surface area contributed by atoms with Gasteiger partial charge in [-0.15, -0.1) is 0 Å². The van der Waals surface area contributed by atoms with Gasteiger partial charge >= 0.3 is 0 Å². The molecule has 1 heterocycles. The van der Waals surface area contributed by atoms with Crippen LogP contribution in [0, 0.1) is 0 Å². The van der Waals surface area contributed by atoms with E-state index in [9.17, 15) is 22.8 Å². The SMILES string of the molecule is CC[C@@H](C(=O)NC(C)(C)C)N(Cc1ccc(Cl)c(Cl)c1)C(=O)CCCN1C(=O)c2ccccc2S1(=O)=O. The zero-order valence-electron chi connectivity index (χ0n) is 21.3. The van der Waals surface area contributed by atoms with Crippen LogP contribution < -0.4 is 5.32 Å². The van der Waals surface area contributed by atoms with Crippen molar-refractivity contribution >= 4 is 50.9 Å². The van der Waals surface area contributed by atoms with E-state index in [0.29, 0.717) is 22.0 Å². The van der Waals surface area contributed by atoms with E-state index in [2.05, 4.69) is 5.32 Å². The van der Waals surface area contributed by atoms with Crippen LogP contribution in [0.2, 0.25) is 10.0 Å². The summed E-state index contributed by atoms with van der Waals surface area (Å²) in [5, 5.41) is 3.63. The predicted molar refractivity (Wildman–Crippen MR) is 143 cm³/mol. The summed E-state index contributed by atoms with van der Waals surface area (Å²) in [6.07, 6.45) is 0.409. The van der Waals surface area contributed by atoms with E-state index in [-0.39, 0.29) is 48.2 Å². The standard InChI is InChI=1S/C26H31Cl2N3O5S/c1-5-21(24(33)29-26(2,3)4)30(16-17-12-13-19(27)20(28)15-17)23(32)11-8-14-31-25(34)18-9-6-7-10-22(18)37(31,35)36/h6-7,9-10,12-13,15,21H,5,8,11,14,16H2,1-4H3,(H,29,33)/t21-/m0/s1. The highest BCUT2D eigenvalue weighted by Gasteiger charge is 2.40. The molecule has 0 bridgehead atoms. The van der Waals surface area contributed by atoms with Crippen LogP contribution >= 0.6 is 23.2 Å². The minimum absolute atomic E-state index is 0.0301. The number of sulfonamides is 1. The summed E-state index contributed by atoms with van der Waals surface area (Å²) in [5.74, 6) is -1.24. The Balaban J connectivity index is 1.78. The summed E-state index contributed by atoms with van der Waals surface area (Å²) in [6, 6.07) is 10.3. The molecule has 200 valence electrons. The number of rotatable bonds is 9. The average Bonchev–Trinajstić information content (AvgIpc) is 3.00. The van der Waals surface area contributed by atoms with Crippen LogP contribution in [0.25, 0.3) is 0 Å². The lowest BCUT2D eigenvalue weighted by Crippen LogP contribution is -2.53. The summed E-state index contributed by atoms with van der Waals surface area (Å²) in [5.41, 5.74) is 0.319. The van der Waals surface area contributed by atoms with Crippen molar-refractivity contribution in [3.63, 3.8) is 0 Å². The largest absolute Gasteiger partial charge is 0.350 e. The fraction of sp³-hybridized carbons (Fsp3) is 0.423. The molecule has 3 amide bonds. The third-order valence-electron chi connectivity index (χ3n) is 5.88. The molecule has 1 N–H and O–H groups in total. The third kappa shape index (κ3) is 6.64. The van der Waals surface area contributed by atoms with Gasteiger partial charge in [-0.2, -0.15) is 0 Å². The van der Waals surface area contributed by atoms with E-state index in [4.69, 9.17) is 23.2 Å². The fourth-order valence-electron chi connectivity index (χ4n) is 4.18. The van der Waals surface area contributed by atoms with Gasteiger partial charge in [0.05, 0.1) is 15.6 Å². The number of hydrogen-bond acceptors (Lipinski definition) is 5. The van der Waals surface area contributed by atoms with E-state index < -0.39 is 27.5 Å². The summed E-state index contributed by atoms with van der Waals surface area (Å²) >= 11 is 12.2. The van der Waals surface area contributed by atoms with Gasteiger partial charge in [-0.1, -0.05) is 48.3 Å². The van der Waals surface area contributed by atoms with Crippen molar-refractivity contribution in [1.82, 2.24) is 14.5 Å². The molecule has 2 aromatic rings. The molecule has 11 heteroatoms. The molecule has 3 rings (SSSR count). The summed E-state index contributed by atoms with van der Waals surface area (Å²) in [4.78, 5) is 40.7. The zero-order valence-corrected chi connectivity index (χ0v) is 23.6. The van der Waals surface area contributed by atoms with Crippen molar-refractivity contribution in [3.8, 4) is 0 Å². The van der Waals surface area contributed by atoms with Crippen LogP contribution in [0.1, 0.15) is 62.9 Å². The van der Waals surface area contributed by atoms with Crippen LogP contribution in [0.3, 0.4) is 0 Å². The first-order valence-electron chi connectivity index (χ1n) is 12.0. The second-order valence-corrected chi connectivity index (χ2v) is 12.6. The second-order valence-electron chi connectivity index (χ2n) is 9.92. The van der Waals surface area contributed by atoms with Gasteiger partial charge in [0.15, 0.2) is 0 Å². The Kier molecular flexibility index (Phi) is 8.93. The Morgan fingerprint density at radius 2 is 1.76 bits per heavy atom. The number of carbonyl (C=O) groups is 3. The van der Waals surface area contributed by atoms with Gasteiger partial charge in [-0.05, 0) is 63.4 Å². The number of carbonyl (C=O) groups excluding carboxylic acids is 3. The quantitative estimate of drug-likeness (QED) is 0.475. The lowest BCUT2D eigenvalue weighted by molar-refractivity contribution is -0.142. The van der Waals surface area contributed by atoms with Crippen LogP contribution in [-0.4, -0.2) is 53.5 Å². The molecule has 1 atom stereocenters. The van der Waals surface area contributed by atoms with E-state index in [1.54, 1.807) is 30.3 Å². The Hall–Kier alpha value is -2.62. The molecule has 0 aliphatic carbocycles. The Labute approximate surface area is 228 Å². The normalized spacial score (nSPS) is 15.3. The maximum atomic E-state index is 13.4. The first-order valence-corrected chi connectivity index (χ1v) is 14.2. The molecule has 2 aromatic carbocycles. The first-order chi connectivity index (χ1) is 17.3. The van der Waals surface area contributed by atoms with E-state index in [0.717, 1.165) is 4.31 Å². The molecule has 0 saturated carbocycles. The van der Waals surface area contributed by atoms with E-state index >= 15 is 0 Å². The first kappa shape index (κ1) is 28.9. The number of nitrogens with zero attached hydrogens (tertiary/aromatic N) is 2.